The molecule has 1 saturated carbocycles. The molecule has 112 valence electrons. The number of nitrogens with zero attached hydrogens (tertiary/aromatic N) is 2. The molecule has 1 aliphatic carbocycles. The molecular formula is C15H24N2O3. The first kappa shape index (κ1) is 13.7. The fourth-order valence-corrected chi connectivity index (χ4v) is 3.27. The quantitative estimate of drug-likeness (QED) is 0.736. The summed E-state index contributed by atoms with van der Waals surface area (Å²) >= 11 is 0. The van der Waals surface area contributed by atoms with Crippen molar-refractivity contribution < 1.29 is 14.3 Å². The topological polar surface area (TPSA) is 49.9 Å². The lowest BCUT2D eigenvalue weighted by atomic mass is 9.99. The van der Waals surface area contributed by atoms with Gasteiger partial charge in [-0.3, -0.25) is 4.79 Å². The first-order valence-electron chi connectivity index (χ1n) is 7.62. The molecule has 2 aliphatic heterocycles. The van der Waals surface area contributed by atoms with Crippen LogP contribution in [-0.2, 0) is 9.53 Å². The number of amides is 2. The summed E-state index contributed by atoms with van der Waals surface area (Å²) in [6.07, 6.45) is 2.86. The Morgan fingerprint density at radius 2 is 1.80 bits per heavy atom. The maximum absolute atomic E-state index is 12.2. The van der Waals surface area contributed by atoms with E-state index in [0.29, 0.717) is 18.4 Å². The summed E-state index contributed by atoms with van der Waals surface area (Å²) in [5.41, 5.74) is -0.461. The summed E-state index contributed by atoms with van der Waals surface area (Å²) in [5, 5.41) is 0. The van der Waals surface area contributed by atoms with E-state index in [1.165, 1.54) is 0 Å². The van der Waals surface area contributed by atoms with Gasteiger partial charge >= 0.3 is 6.09 Å². The molecule has 0 aromatic heterocycles. The molecule has 0 spiro atoms. The Kier molecular flexibility index (Phi) is 3.18. The van der Waals surface area contributed by atoms with Gasteiger partial charge in [0.1, 0.15) is 5.60 Å². The highest BCUT2D eigenvalue weighted by atomic mass is 16.6. The fraction of sp³-hybridized carbons (Fsp3) is 0.867. The molecule has 0 radical (unpaired) electrons. The molecule has 2 saturated heterocycles. The number of piperidine rings is 1. The van der Waals surface area contributed by atoms with Crippen LogP contribution in [0.5, 0.6) is 0 Å². The summed E-state index contributed by atoms with van der Waals surface area (Å²) in [5.74, 6) is 0.984. The maximum Gasteiger partial charge on any atom is 0.410 e. The number of hydrogen-bond donors (Lipinski definition) is 0. The number of fused-ring (bicyclic) bond motifs is 2. The average molecular weight is 280 g/mol. The Bertz CT molecular complexity index is 425. The van der Waals surface area contributed by atoms with Crippen LogP contribution < -0.4 is 0 Å². The van der Waals surface area contributed by atoms with E-state index in [-0.39, 0.29) is 18.1 Å². The summed E-state index contributed by atoms with van der Waals surface area (Å²) in [6.45, 7) is 7.88. The van der Waals surface area contributed by atoms with Crippen LogP contribution in [0.1, 0.15) is 40.0 Å². The van der Waals surface area contributed by atoms with Gasteiger partial charge in [-0.2, -0.15) is 0 Å². The van der Waals surface area contributed by atoms with Crippen molar-refractivity contribution in [2.24, 2.45) is 11.8 Å². The molecule has 0 unspecified atom stereocenters. The zero-order valence-electron chi connectivity index (χ0n) is 12.6. The van der Waals surface area contributed by atoms with Crippen molar-refractivity contribution >= 4 is 12.0 Å². The molecule has 3 fully saturated rings. The van der Waals surface area contributed by atoms with Gasteiger partial charge < -0.3 is 14.5 Å². The van der Waals surface area contributed by atoms with Crippen molar-refractivity contribution in [1.29, 1.82) is 0 Å². The van der Waals surface area contributed by atoms with Crippen LogP contribution >= 0.6 is 0 Å². The smallest absolute Gasteiger partial charge is 0.410 e. The van der Waals surface area contributed by atoms with Gasteiger partial charge in [-0.1, -0.05) is 0 Å². The molecule has 0 N–H and O–H groups in total. The fourth-order valence-electron chi connectivity index (χ4n) is 3.27. The Morgan fingerprint density at radius 3 is 2.40 bits per heavy atom. The van der Waals surface area contributed by atoms with Gasteiger partial charge in [-0.25, -0.2) is 4.79 Å². The van der Waals surface area contributed by atoms with Gasteiger partial charge in [0.2, 0.25) is 5.91 Å². The number of carbonyl (C=O) groups is 2. The Morgan fingerprint density at radius 1 is 1.10 bits per heavy atom. The predicted molar refractivity (Wildman–Crippen MR) is 74.1 cm³/mol. The second-order valence-electron chi connectivity index (χ2n) is 7.41. The molecule has 2 heterocycles. The third-order valence-electron chi connectivity index (χ3n) is 4.28. The minimum Gasteiger partial charge on any atom is -0.444 e. The lowest BCUT2D eigenvalue weighted by Gasteiger charge is -2.33. The van der Waals surface area contributed by atoms with E-state index < -0.39 is 5.60 Å². The summed E-state index contributed by atoms with van der Waals surface area (Å²) in [7, 11) is 0. The summed E-state index contributed by atoms with van der Waals surface area (Å²) in [4.78, 5) is 28.2. The van der Waals surface area contributed by atoms with Gasteiger partial charge in [0.15, 0.2) is 0 Å². The van der Waals surface area contributed by atoms with E-state index in [0.717, 1.165) is 32.4 Å². The average Bonchev–Trinajstić information content (AvgIpc) is 3.12. The third-order valence-corrected chi connectivity index (χ3v) is 4.28. The van der Waals surface area contributed by atoms with Crippen LogP contribution in [0.3, 0.4) is 0 Å². The molecule has 2 bridgehead atoms. The summed E-state index contributed by atoms with van der Waals surface area (Å²) in [6, 6.07) is 0.145. The van der Waals surface area contributed by atoms with Crippen molar-refractivity contribution in [3.63, 3.8) is 0 Å². The van der Waals surface area contributed by atoms with E-state index in [2.05, 4.69) is 0 Å². The predicted octanol–water partition coefficient (Wildman–Crippen LogP) is 1.86. The Labute approximate surface area is 120 Å². The minimum atomic E-state index is -0.461. The molecule has 3 rings (SSSR count). The lowest BCUT2D eigenvalue weighted by molar-refractivity contribution is -0.134. The molecule has 0 aromatic carbocycles. The zero-order valence-corrected chi connectivity index (χ0v) is 12.6. The first-order valence-corrected chi connectivity index (χ1v) is 7.62. The van der Waals surface area contributed by atoms with Crippen LogP contribution in [0.25, 0.3) is 0 Å². The van der Waals surface area contributed by atoms with Crippen LogP contribution in [0, 0.1) is 11.8 Å². The molecule has 20 heavy (non-hydrogen) atoms. The van der Waals surface area contributed by atoms with Gasteiger partial charge in [-0.15, -0.1) is 0 Å². The van der Waals surface area contributed by atoms with Crippen molar-refractivity contribution in [2.45, 2.75) is 51.7 Å². The van der Waals surface area contributed by atoms with E-state index in [9.17, 15) is 9.59 Å². The lowest BCUT2D eigenvalue weighted by Crippen LogP contribution is -2.47. The highest BCUT2D eigenvalue weighted by molar-refractivity contribution is 5.81. The first-order chi connectivity index (χ1) is 9.33. The van der Waals surface area contributed by atoms with E-state index in [1.807, 2.05) is 30.6 Å². The zero-order chi connectivity index (χ0) is 14.5. The van der Waals surface area contributed by atoms with Crippen LogP contribution in [0.2, 0.25) is 0 Å². The monoisotopic (exact) mass is 280 g/mol. The third kappa shape index (κ3) is 2.76. The van der Waals surface area contributed by atoms with Crippen molar-refractivity contribution in [3.8, 4) is 0 Å². The largest absolute Gasteiger partial charge is 0.444 e. The second-order valence-corrected chi connectivity index (χ2v) is 7.41. The SMILES string of the molecule is CC(C)(C)OC(=O)N1C[C@@H]2C[C@H]1CN(C(=O)C1CC1)C2. The molecule has 2 atom stereocenters. The Balaban J connectivity index is 1.63. The molecule has 5 nitrogen and oxygen atoms in total. The van der Waals surface area contributed by atoms with Gasteiger partial charge in [0.25, 0.3) is 0 Å². The van der Waals surface area contributed by atoms with E-state index >= 15 is 0 Å². The maximum atomic E-state index is 12.2. The van der Waals surface area contributed by atoms with Crippen LogP contribution in [0.4, 0.5) is 4.79 Å². The molecular weight excluding hydrogens is 256 g/mol. The molecule has 0 aromatic rings. The molecule has 5 heteroatoms. The molecule has 3 aliphatic rings. The Hall–Kier alpha value is -1.26. The standard InChI is InChI=1S/C15H24N2O3/c1-15(2,3)20-14(19)17-8-10-6-12(17)9-16(7-10)13(18)11-4-5-11/h10-12H,4-9H2,1-3H3/t10-,12+/m1/s1. The number of carbonyl (C=O) groups excluding carboxylic acids is 2. The highest BCUT2D eigenvalue weighted by Gasteiger charge is 2.45. The summed E-state index contributed by atoms with van der Waals surface area (Å²) < 4.78 is 5.47. The van der Waals surface area contributed by atoms with Crippen LogP contribution in [0.15, 0.2) is 0 Å². The number of ether oxygens (including phenoxy) is 1. The van der Waals surface area contributed by atoms with Crippen molar-refractivity contribution in [2.75, 3.05) is 19.6 Å². The number of rotatable bonds is 1. The van der Waals surface area contributed by atoms with Gasteiger partial charge in [0.05, 0.1) is 6.04 Å². The van der Waals surface area contributed by atoms with E-state index in [1.54, 1.807) is 0 Å². The van der Waals surface area contributed by atoms with E-state index in [4.69, 9.17) is 4.74 Å². The minimum absolute atomic E-state index is 0.145. The van der Waals surface area contributed by atoms with Gasteiger partial charge in [0, 0.05) is 25.6 Å². The highest BCUT2D eigenvalue weighted by Crippen LogP contribution is 2.36. The van der Waals surface area contributed by atoms with Crippen LogP contribution in [-0.4, -0.2) is 53.1 Å². The number of likely N-dealkylation sites (tertiary alicyclic amines) is 2. The second kappa shape index (κ2) is 4.64. The normalized spacial score (nSPS) is 29.6. The number of hydrogen-bond acceptors (Lipinski definition) is 3. The molecule has 2 amide bonds. The van der Waals surface area contributed by atoms with Gasteiger partial charge in [-0.05, 0) is 46.0 Å². The van der Waals surface area contributed by atoms with Crippen molar-refractivity contribution in [3.05, 3.63) is 0 Å². The van der Waals surface area contributed by atoms with Crippen molar-refractivity contribution in [1.82, 2.24) is 9.80 Å².